The smallest absolute Gasteiger partial charge is 0.114 e. The van der Waals surface area contributed by atoms with E-state index in [0.29, 0.717) is 0 Å². The molecule has 11 aromatic carbocycles. The minimum absolute atomic E-state index is 0.862. The lowest BCUT2D eigenvalue weighted by atomic mass is 9.85. The van der Waals surface area contributed by atoms with E-state index in [9.17, 15) is 0 Å². The van der Waals surface area contributed by atoms with Gasteiger partial charge in [-0.3, -0.25) is 4.57 Å². The molecule has 1 aromatic heterocycles. The minimum Gasteiger partial charge on any atom is -0.296 e. The molecule has 12 rings (SSSR count). The van der Waals surface area contributed by atoms with Crippen molar-refractivity contribution in [3.8, 4) is 39.1 Å². The minimum atomic E-state index is 0.862. The van der Waals surface area contributed by atoms with Gasteiger partial charge >= 0.3 is 0 Å². The molecule has 0 fully saturated rings. The summed E-state index contributed by atoms with van der Waals surface area (Å²) in [7, 11) is 0. The van der Waals surface area contributed by atoms with E-state index < -0.39 is 0 Å². The van der Waals surface area contributed by atoms with Crippen molar-refractivity contribution in [3.63, 3.8) is 0 Å². The summed E-state index contributed by atoms with van der Waals surface area (Å²) in [5.74, 6) is 1.07. The van der Waals surface area contributed by atoms with Crippen molar-refractivity contribution in [3.05, 3.63) is 206 Å². The standard InChI is InChI=1S/C58H40N2/c1-3-53-59-51-23-8-9-24-52(51)60(53)43-32-29-40(30-33-43)56-45-17-4-6-19-47(45)57(48-20-7-5-18-46(48)56)42-31-34-44-41(35-42)28-27-38-15-11-21-49(55(38)44)50-22-12-16-39-26-25-37-14-10-13-36(2)54(37)58(39)50/h4-35H,3H2,1-2H3. The van der Waals surface area contributed by atoms with Gasteiger partial charge in [-0.15, -0.1) is 0 Å². The van der Waals surface area contributed by atoms with Crippen LogP contribution < -0.4 is 0 Å². The number of nitrogens with zero attached hydrogens (tertiary/aromatic N) is 2. The maximum absolute atomic E-state index is 4.95. The lowest BCUT2D eigenvalue weighted by molar-refractivity contribution is 0.908. The van der Waals surface area contributed by atoms with Gasteiger partial charge in [-0.05, 0) is 141 Å². The Bertz CT molecular complexity index is 3640. The molecule has 60 heavy (non-hydrogen) atoms. The summed E-state index contributed by atoms with van der Waals surface area (Å²) in [4.78, 5) is 4.95. The molecule has 0 amide bonds. The summed E-state index contributed by atoms with van der Waals surface area (Å²) in [6.07, 6.45) is 0.862. The van der Waals surface area contributed by atoms with Crippen LogP contribution in [-0.4, -0.2) is 9.55 Å². The van der Waals surface area contributed by atoms with E-state index >= 15 is 0 Å². The third kappa shape index (κ3) is 5.17. The Morgan fingerprint density at radius 1 is 0.417 bits per heavy atom. The molecule has 0 spiro atoms. The molecule has 0 aliphatic heterocycles. The predicted molar refractivity (Wildman–Crippen MR) is 257 cm³/mol. The van der Waals surface area contributed by atoms with E-state index in [1.54, 1.807) is 0 Å². The Labute approximate surface area is 348 Å². The van der Waals surface area contributed by atoms with Gasteiger partial charge in [0.15, 0.2) is 0 Å². The molecule has 0 radical (unpaired) electrons. The molecular formula is C58H40N2. The predicted octanol–water partition coefficient (Wildman–Crippen LogP) is 15.8. The second-order valence-electron chi connectivity index (χ2n) is 16.1. The third-order valence-electron chi connectivity index (χ3n) is 12.8. The maximum Gasteiger partial charge on any atom is 0.114 e. The number of hydrogen-bond acceptors (Lipinski definition) is 1. The summed E-state index contributed by atoms with van der Waals surface area (Å²) in [5, 5.41) is 15.3. The molecule has 12 aromatic rings. The summed E-state index contributed by atoms with van der Waals surface area (Å²) < 4.78 is 2.30. The Morgan fingerprint density at radius 3 is 1.62 bits per heavy atom. The first-order valence-corrected chi connectivity index (χ1v) is 21.0. The van der Waals surface area contributed by atoms with Crippen LogP contribution in [0.25, 0.3) is 115 Å². The number of aromatic nitrogens is 2. The quantitative estimate of drug-likeness (QED) is 0.126. The summed E-state index contributed by atoms with van der Waals surface area (Å²) in [6, 6.07) is 71.9. The monoisotopic (exact) mass is 764 g/mol. The molecule has 2 heteroatoms. The first-order chi connectivity index (χ1) is 29.6. The molecule has 282 valence electrons. The highest BCUT2D eigenvalue weighted by atomic mass is 15.1. The van der Waals surface area contributed by atoms with E-state index in [4.69, 9.17) is 4.98 Å². The van der Waals surface area contributed by atoms with E-state index in [1.807, 2.05) is 0 Å². The van der Waals surface area contributed by atoms with E-state index in [-0.39, 0.29) is 0 Å². The first kappa shape index (κ1) is 34.5. The van der Waals surface area contributed by atoms with Crippen LogP contribution in [0.1, 0.15) is 18.3 Å². The van der Waals surface area contributed by atoms with Gasteiger partial charge in [-0.1, -0.05) is 171 Å². The van der Waals surface area contributed by atoms with Crippen LogP contribution in [0.15, 0.2) is 194 Å². The zero-order valence-electron chi connectivity index (χ0n) is 33.6. The second kappa shape index (κ2) is 13.5. The molecule has 2 nitrogen and oxygen atoms in total. The molecule has 0 bridgehead atoms. The van der Waals surface area contributed by atoms with Crippen LogP contribution in [0.2, 0.25) is 0 Å². The van der Waals surface area contributed by atoms with Crippen LogP contribution >= 0.6 is 0 Å². The summed E-state index contributed by atoms with van der Waals surface area (Å²) in [5.41, 5.74) is 12.1. The van der Waals surface area contributed by atoms with Gasteiger partial charge in [-0.25, -0.2) is 4.98 Å². The molecule has 0 N–H and O–H groups in total. The van der Waals surface area contributed by atoms with E-state index in [1.165, 1.54) is 104 Å². The largest absolute Gasteiger partial charge is 0.296 e. The fourth-order valence-electron chi connectivity index (χ4n) is 10.2. The Hall–Kier alpha value is -7.55. The second-order valence-corrected chi connectivity index (χ2v) is 16.1. The first-order valence-electron chi connectivity index (χ1n) is 21.0. The van der Waals surface area contributed by atoms with E-state index in [2.05, 4.69) is 213 Å². The number of para-hydroxylation sites is 2. The van der Waals surface area contributed by atoms with Crippen molar-refractivity contribution in [1.82, 2.24) is 9.55 Å². The molecule has 0 saturated carbocycles. The molecule has 0 aliphatic rings. The molecule has 0 saturated heterocycles. The molecule has 0 unspecified atom stereocenters. The highest BCUT2D eigenvalue weighted by molar-refractivity contribution is 6.24. The lowest BCUT2D eigenvalue weighted by Gasteiger charge is -2.19. The molecule has 0 aliphatic carbocycles. The molecular weight excluding hydrogens is 725 g/mol. The van der Waals surface area contributed by atoms with Gasteiger partial charge in [0.2, 0.25) is 0 Å². The Kier molecular flexibility index (Phi) is 7.77. The van der Waals surface area contributed by atoms with Gasteiger partial charge in [0.25, 0.3) is 0 Å². The van der Waals surface area contributed by atoms with Gasteiger partial charge in [0.05, 0.1) is 11.0 Å². The third-order valence-corrected chi connectivity index (χ3v) is 12.8. The van der Waals surface area contributed by atoms with Crippen LogP contribution in [0, 0.1) is 6.92 Å². The maximum atomic E-state index is 4.95. The number of fused-ring (bicyclic) bond motifs is 9. The molecule has 1 heterocycles. The normalized spacial score (nSPS) is 11.9. The SMILES string of the molecule is CCc1nc2ccccc2n1-c1ccc(-c2c3ccccc3c(-c3ccc4c(ccc5cccc(-c6cccc7ccc8cccc(C)c8c67)c54)c3)c3ccccc23)cc1. The van der Waals surface area contributed by atoms with Crippen molar-refractivity contribution < 1.29 is 0 Å². The van der Waals surface area contributed by atoms with Crippen molar-refractivity contribution >= 4 is 75.7 Å². The van der Waals surface area contributed by atoms with Gasteiger partial charge in [-0.2, -0.15) is 0 Å². The van der Waals surface area contributed by atoms with Crippen LogP contribution in [0.3, 0.4) is 0 Å². The van der Waals surface area contributed by atoms with Gasteiger partial charge in [0.1, 0.15) is 5.82 Å². The zero-order chi connectivity index (χ0) is 39.9. The van der Waals surface area contributed by atoms with Gasteiger partial charge in [0, 0.05) is 12.1 Å². The average molecular weight is 765 g/mol. The number of aryl methyl sites for hydroxylation is 2. The molecule has 0 atom stereocenters. The number of rotatable bonds is 5. The summed E-state index contributed by atoms with van der Waals surface area (Å²) in [6.45, 7) is 4.41. The highest BCUT2D eigenvalue weighted by Crippen LogP contribution is 2.46. The van der Waals surface area contributed by atoms with Gasteiger partial charge < -0.3 is 0 Å². The van der Waals surface area contributed by atoms with Crippen molar-refractivity contribution in [2.75, 3.05) is 0 Å². The number of hydrogen-bond donors (Lipinski definition) is 0. The summed E-state index contributed by atoms with van der Waals surface area (Å²) >= 11 is 0. The van der Waals surface area contributed by atoms with Crippen molar-refractivity contribution in [2.24, 2.45) is 0 Å². The fourth-order valence-corrected chi connectivity index (χ4v) is 10.2. The number of imidazole rings is 1. The number of benzene rings is 11. The average Bonchev–Trinajstić information content (AvgIpc) is 3.69. The van der Waals surface area contributed by atoms with Crippen molar-refractivity contribution in [1.29, 1.82) is 0 Å². The van der Waals surface area contributed by atoms with E-state index in [0.717, 1.165) is 29.0 Å². The zero-order valence-corrected chi connectivity index (χ0v) is 33.6. The van der Waals surface area contributed by atoms with Crippen LogP contribution in [0.5, 0.6) is 0 Å². The topological polar surface area (TPSA) is 17.8 Å². The fraction of sp³-hybridized carbons (Fsp3) is 0.0517. The Morgan fingerprint density at radius 2 is 0.950 bits per heavy atom. The highest BCUT2D eigenvalue weighted by Gasteiger charge is 2.19. The van der Waals surface area contributed by atoms with Crippen molar-refractivity contribution in [2.45, 2.75) is 20.3 Å². The Balaban J connectivity index is 1.04. The lowest BCUT2D eigenvalue weighted by Crippen LogP contribution is -2.00. The van der Waals surface area contributed by atoms with Crippen LogP contribution in [0.4, 0.5) is 0 Å². The van der Waals surface area contributed by atoms with Crippen LogP contribution in [-0.2, 0) is 6.42 Å².